The highest BCUT2D eigenvalue weighted by atomic mass is 32.2. The quantitative estimate of drug-likeness (QED) is 0.866. The fourth-order valence-corrected chi connectivity index (χ4v) is 3.58. The van der Waals surface area contributed by atoms with E-state index in [0.717, 1.165) is 21.9 Å². The molecular weight excluding hydrogens is 268 g/mol. The third-order valence-corrected chi connectivity index (χ3v) is 5.13. The smallest absolute Gasteiger partial charge is 0.250 e. The number of thiophene rings is 1. The maximum Gasteiger partial charge on any atom is 0.250 e. The van der Waals surface area contributed by atoms with Crippen LogP contribution in [0.2, 0.25) is 0 Å². The van der Waals surface area contributed by atoms with E-state index in [1.165, 1.54) is 0 Å². The number of hydrogen-bond donors (Lipinski definition) is 1. The summed E-state index contributed by atoms with van der Waals surface area (Å²) in [4.78, 5) is 4.97. The van der Waals surface area contributed by atoms with Gasteiger partial charge in [0.05, 0.1) is 17.1 Å². The lowest BCUT2D eigenvalue weighted by atomic mass is 10.3. The topological polar surface area (TPSA) is 59.1 Å². The van der Waals surface area contributed by atoms with Crippen LogP contribution in [0.5, 0.6) is 0 Å². The number of nitrogens with zero attached hydrogens (tertiary/aromatic N) is 1. The zero-order valence-corrected chi connectivity index (χ0v) is 11.0. The molecule has 18 heavy (non-hydrogen) atoms. The molecule has 0 spiro atoms. The van der Waals surface area contributed by atoms with Crippen LogP contribution < -0.4 is 4.72 Å². The van der Waals surface area contributed by atoms with Crippen molar-refractivity contribution in [2.75, 3.05) is 6.54 Å². The molecule has 0 bridgehead atoms. The highest BCUT2D eigenvalue weighted by molar-refractivity contribution is 7.91. The van der Waals surface area contributed by atoms with E-state index in [1.54, 1.807) is 18.3 Å². The molecule has 0 aromatic carbocycles. The number of aromatic nitrogens is 1. The highest BCUT2D eigenvalue weighted by Gasteiger charge is 2.16. The van der Waals surface area contributed by atoms with Gasteiger partial charge in [0.2, 0.25) is 0 Å². The first-order chi connectivity index (χ1) is 8.63. The van der Waals surface area contributed by atoms with Crippen LogP contribution >= 0.6 is 11.3 Å². The second kappa shape index (κ2) is 5.31. The Kier molecular flexibility index (Phi) is 3.77. The van der Waals surface area contributed by atoms with Crippen molar-refractivity contribution in [3.63, 3.8) is 0 Å². The minimum Gasteiger partial charge on any atom is -0.255 e. The predicted octanol–water partition coefficient (Wildman–Crippen LogP) is 1.72. The Balaban J connectivity index is 2.29. The molecule has 0 aliphatic heterocycles. The molecule has 1 N–H and O–H groups in total. The lowest BCUT2D eigenvalue weighted by Gasteiger charge is -1.99. The standard InChI is InChI=1S/C12H10N2O2S2/c1-2-8-14-18(15,16)12-7-6-11(17-12)10-5-3-4-9-13-10/h1,3-7,9,14H,8H2. The minimum absolute atomic E-state index is 0.0147. The molecule has 2 heterocycles. The number of rotatable bonds is 4. The Hall–Kier alpha value is -1.68. The van der Waals surface area contributed by atoms with Gasteiger partial charge in [0, 0.05) is 6.20 Å². The Morgan fingerprint density at radius 3 is 2.83 bits per heavy atom. The van der Waals surface area contributed by atoms with Gasteiger partial charge >= 0.3 is 0 Å². The summed E-state index contributed by atoms with van der Waals surface area (Å²) in [6, 6.07) is 8.78. The molecule has 0 saturated heterocycles. The van der Waals surface area contributed by atoms with E-state index in [4.69, 9.17) is 6.42 Å². The minimum atomic E-state index is -3.51. The summed E-state index contributed by atoms with van der Waals surface area (Å²) >= 11 is 1.16. The summed E-state index contributed by atoms with van der Waals surface area (Å²) < 4.78 is 26.2. The molecule has 0 aliphatic carbocycles. The van der Waals surface area contributed by atoms with Crippen molar-refractivity contribution in [1.82, 2.24) is 9.71 Å². The van der Waals surface area contributed by atoms with Gasteiger partial charge in [-0.2, -0.15) is 4.72 Å². The van der Waals surface area contributed by atoms with Crippen LogP contribution in [-0.4, -0.2) is 19.9 Å². The third kappa shape index (κ3) is 2.76. The highest BCUT2D eigenvalue weighted by Crippen LogP contribution is 2.28. The number of hydrogen-bond acceptors (Lipinski definition) is 4. The van der Waals surface area contributed by atoms with Crippen LogP contribution in [-0.2, 0) is 10.0 Å². The first-order valence-corrected chi connectivity index (χ1v) is 7.38. The fourth-order valence-electron chi connectivity index (χ4n) is 1.32. The van der Waals surface area contributed by atoms with Crippen molar-refractivity contribution in [3.8, 4) is 22.9 Å². The molecule has 2 aromatic heterocycles. The monoisotopic (exact) mass is 278 g/mol. The zero-order valence-electron chi connectivity index (χ0n) is 9.33. The number of terminal acetylenes is 1. The van der Waals surface area contributed by atoms with Crippen LogP contribution in [0.4, 0.5) is 0 Å². The summed E-state index contributed by atoms with van der Waals surface area (Å²) in [5, 5.41) is 0. The van der Waals surface area contributed by atoms with Gasteiger partial charge < -0.3 is 0 Å². The number of pyridine rings is 1. The van der Waals surface area contributed by atoms with Crippen molar-refractivity contribution < 1.29 is 8.42 Å². The normalized spacial score (nSPS) is 11.1. The molecule has 0 atom stereocenters. The van der Waals surface area contributed by atoms with E-state index in [9.17, 15) is 8.42 Å². The van der Waals surface area contributed by atoms with Crippen molar-refractivity contribution >= 4 is 21.4 Å². The van der Waals surface area contributed by atoms with E-state index in [0.29, 0.717) is 0 Å². The van der Waals surface area contributed by atoms with Gasteiger partial charge in [-0.15, -0.1) is 17.8 Å². The molecule has 0 fully saturated rings. The molecule has 6 heteroatoms. The summed E-state index contributed by atoms with van der Waals surface area (Å²) in [5.41, 5.74) is 0.751. The number of sulfonamides is 1. The molecule has 92 valence electrons. The van der Waals surface area contributed by atoms with Crippen molar-refractivity contribution in [2.24, 2.45) is 0 Å². The van der Waals surface area contributed by atoms with Crippen LogP contribution in [0, 0.1) is 12.3 Å². The van der Waals surface area contributed by atoms with Crippen LogP contribution in [0.3, 0.4) is 0 Å². The van der Waals surface area contributed by atoms with E-state index >= 15 is 0 Å². The largest absolute Gasteiger partial charge is 0.255 e. The lowest BCUT2D eigenvalue weighted by molar-refractivity contribution is 0.588. The fraction of sp³-hybridized carbons (Fsp3) is 0.0833. The van der Waals surface area contributed by atoms with Crippen molar-refractivity contribution in [3.05, 3.63) is 36.5 Å². The first-order valence-electron chi connectivity index (χ1n) is 5.08. The molecule has 2 rings (SSSR count). The molecule has 0 unspecified atom stereocenters. The van der Waals surface area contributed by atoms with Gasteiger partial charge in [0.1, 0.15) is 4.21 Å². The van der Waals surface area contributed by atoms with Gasteiger partial charge in [0.15, 0.2) is 0 Å². The Labute approximate surface area is 110 Å². The second-order valence-electron chi connectivity index (χ2n) is 3.36. The second-order valence-corrected chi connectivity index (χ2v) is 6.44. The van der Waals surface area contributed by atoms with Crippen LogP contribution in [0.15, 0.2) is 40.7 Å². The third-order valence-electron chi connectivity index (χ3n) is 2.13. The zero-order chi connectivity index (χ0) is 13.0. The summed E-state index contributed by atoms with van der Waals surface area (Å²) in [6.07, 6.45) is 6.69. The molecule has 2 aromatic rings. The Morgan fingerprint density at radius 1 is 1.33 bits per heavy atom. The van der Waals surface area contributed by atoms with Crippen LogP contribution in [0.25, 0.3) is 10.6 Å². The van der Waals surface area contributed by atoms with Crippen LogP contribution in [0.1, 0.15) is 0 Å². The van der Waals surface area contributed by atoms with Crippen molar-refractivity contribution in [2.45, 2.75) is 4.21 Å². The van der Waals surface area contributed by atoms with Crippen molar-refractivity contribution in [1.29, 1.82) is 0 Å². The average molecular weight is 278 g/mol. The van der Waals surface area contributed by atoms with Gasteiger partial charge in [-0.3, -0.25) is 4.98 Å². The van der Waals surface area contributed by atoms with E-state index in [2.05, 4.69) is 15.6 Å². The average Bonchev–Trinajstić information content (AvgIpc) is 2.88. The summed E-state index contributed by atoms with van der Waals surface area (Å²) in [7, 11) is -3.51. The van der Waals surface area contributed by atoms with E-state index in [1.807, 2.05) is 18.2 Å². The van der Waals surface area contributed by atoms with E-state index < -0.39 is 10.0 Å². The van der Waals surface area contributed by atoms with Gasteiger partial charge in [0.25, 0.3) is 10.0 Å². The first kappa shape index (κ1) is 12.8. The number of nitrogens with one attached hydrogen (secondary N) is 1. The molecule has 0 saturated carbocycles. The summed E-state index contributed by atoms with van der Waals surface area (Å²) in [6.45, 7) is -0.0147. The molecule has 0 radical (unpaired) electrons. The van der Waals surface area contributed by atoms with Gasteiger partial charge in [-0.1, -0.05) is 12.0 Å². The predicted molar refractivity (Wildman–Crippen MR) is 71.6 cm³/mol. The van der Waals surface area contributed by atoms with Gasteiger partial charge in [-0.05, 0) is 24.3 Å². The Bertz CT molecular complexity index is 670. The lowest BCUT2D eigenvalue weighted by Crippen LogP contribution is -2.22. The molecular formula is C12H10N2O2S2. The summed E-state index contributed by atoms with van der Waals surface area (Å²) in [5.74, 6) is 2.23. The molecule has 0 amide bonds. The maximum atomic E-state index is 11.8. The maximum absolute atomic E-state index is 11.8. The SMILES string of the molecule is C#CCNS(=O)(=O)c1ccc(-c2ccccn2)s1. The molecule has 4 nitrogen and oxygen atoms in total. The van der Waals surface area contributed by atoms with Gasteiger partial charge in [-0.25, -0.2) is 8.42 Å². The van der Waals surface area contributed by atoms with E-state index in [-0.39, 0.29) is 10.8 Å². The molecule has 0 aliphatic rings. The Morgan fingerprint density at radius 2 is 2.17 bits per heavy atom.